The Bertz CT molecular complexity index is 1500. The number of amides is 3. The van der Waals surface area contributed by atoms with E-state index in [0.717, 1.165) is 11.1 Å². The number of fused-ring (bicyclic) bond motifs is 5. The monoisotopic (exact) mass is 691 g/mol. The Morgan fingerprint density at radius 2 is 1.94 bits per heavy atom. The SMILES string of the molecule is COc1cc2cc(c1Cl)N(C)C(=O)C[C@@H](OC(=O)[C@@H](C)N(C)C(C)=O)[C@]1(C)O[C@H]1[C@H](C)[C@@H]1C[C@@](O)(NC(=O)O1)[C@H](OC)/C=C/C=C(\C)C2. The molecule has 0 aromatic heterocycles. The van der Waals surface area contributed by atoms with Gasteiger partial charge in [-0.3, -0.25) is 14.9 Å². The number of carbonyl (C=O) groups excluding carboxylic acids is 4. The molecule has 3 amide bonds. The minimum atomic E-state index is -1.81. The molecule has 3 aliphatic rings. The van der Waals surface area contributed by atoms with Crippen LogP contribution in [0.5, 0.6) is 5.75 Å². The molecule has 3 aliphatic heterocycles. The van der Waals surface area contributed by atoms with Gasteiger partial charge < -0.3 is 38.6 Å². The number of nitrogens with zero attached hydrogens (tertiary/aromatic N) is 2. The molecular formula is C34H46ClN3O10. The molecule has 8 atom stereocenters. The van der Waals surface area contributed by atoms with Crippen LogP contribution < -0.4 is 15.0 Å². The molecule has 1 aromatic rings. The lowest BCUT2D eigenvalue weighted by Gasteiger charge is -2.42. The number of benzene rings is 1. The van der Waals surface area contributed by atoms with Crippen LogP contribution in [-0.2, 0) is 39.8 Å². The van der Waals surface area contributed by atoms with Crippen molar-refractivity contribution in [2.45, 2.75) is 95.7 Å². The summed E-state index contributed by atoms with van der Waals surface area (Å²) in [5.74, 6) is -1.63. The smallest absolute Gasteiger partial charge is 0.409 e. The van der Waals surface area contributed by atoms with Crippen molar-refractivity contribution < 1.29 is 48.0 Å². The van der Waals surface area contributed by atoms with E-state index >= 15 is 0 Å². The standard InChI is InChI=1S/C34H46ClN3O10/c1-18-11-10-12-26(45-9)34(43)17-25(46-32(42)36-34)19(2)30-33(5,48-30)27(47-31(41)20(3)37(6)21(4)39)16-28(40)38(7)23-14-22(13-18)15-24(44-8)29(23)35/h10-12,14-15,19-20,25-27,30,43H,13,16-17H2,1-9H3,(H,36,42)/b12-10+,18-11+/t19-,20-,25+,26-,27-,30+,33+,34+/m1/s1. The number of halogens is 1. The first-order valence-electron chi connectivity index (χ1n) is 15.8. The van der Waals surface area contributed by atoms with Crippen LogP contribution in [0.2, 0.25) is 5.02 Å². The first-order chi connectivity index (χ1) is 22.4. The Labute approximate surface area is 286 Å². The second kappa shape index (κ2) is 14.5. The number of allylic oxidation sites excluding steroid dienone is 3. The first kappa shape index (κ1) is 37.2. The summed E-state index contributed by atoms with van der Waals surface area (Å²) in [5, 5.41) is 14.4. The van der Waals surface area contributed by atoms with Crippen molar-refractivity contribution in [3.8, 4) is 5.75 Å². The van der Waals surface area contributed by atoms with E-state index in [1.807, 2.05) is 13.0 Å². The Balaban J connectivity index is 1.80. The fourth-order valence-electron chi connectivity index (χ4n) is 6.27. The maximum Gasteiger partial charge on any atom is 0.409 e. The van der Waals surface area contributed by atoms with Gasteiger partial charge in [0.2, 0.25) is 11.8 Å². The van der Waals surface area contributed by atoms with Gasteiger partial charge >= 0.3 is 12.1 Å². The largest absolute Gasteiger partial charge is 0.495 e. The number of likely N-dealkylation sites (N-methyl/N-ethyl adjacent to an activating group) is 1. The lowest BCUT2D eigenvalue weighted by Crippen LogP contribution is -2.63. The Morgan fingerprint density at radius 1 is 1.25 bits per heavy atom. The quantitative estimate of drug-likeness (QED) is 0.346. The highest BCUT2D eigenvalue weighted by Crippen LogP contribution is 2.49. The van der Waals surface area contributed by atoms with Gasteiger partial charge in [0, 0.05) is 40.5 Å². The summed E-state index contributed by atoms with van der Waals surface area (Å²) in [7, 11) is 5.97. The number of hydrogen-bond donors (Lipinski definition) is 2. The van der Waals surface area contributed by atoms with Crippen LogP contribution in [0.15, 0.2) is 35.9 Å². The molecule has 0 radical (unpaired) electrons. The second-order valence-corrected chi connectivity index (χ2v) is 13.4. The van der Waals surface area contributed by atoms with Crippen LogP contribution in [0.25, 0.3) is 0 Å². The lowest BCUT2D eigenvalue weighted by atomic mass is 9.83. The van der Waals surface area contributed by atoms with Gasteiger partial charge in [0.1, 0.15) is 40.7 Å². The first-order valence-corrected chi connectivity index (χ1v) is 16.2. The van der Waals surface area contributed by atoms with E-state index in [0.29, 0.717) is 17.9 Å². The maximum atomic E-state index is 14.0. The Hall–Kier alpha value is -3.65. The molecule has 2 fully saturated rings. The van der Waals surface area contributed by atoms with Crippen LogP contribution in [0.3, 0.4) is 0 Å². The summed E-state index contributed by atoms with van der Waals surface area (Å²) in [6.45, 7) is 8.29. The number of carbonyl (C=O) groups is 4. The van der Waals surface area contributed by atoms with Crippen molar-refractivity contribution in [2.75, 3.05) is 33.2 Å². The molecule has 2 saturated heterocycles. The van der Waals surface area contributed by atoms with Crippen molar-refractivity contribution >= 4 is 41.2 Å². The van der Waals surface area contributed by atoms with E-state index < -0.39 is 65.7 Å². The van der Waals surface area contributed by atoms with Crippen molar-refractivity contribution in [3.63, 3.8) is 0 Å². The number of anilines is 1. The normalized spacial score (nSPS) is 33.2. The lowest BCUT2D eigenvalue weighted by molar-refractivity contribution is -0.161. The number of aliphatic hydroxyl groups is 1. The van der Waals surface area contributed by atoms with Gasteiger partial charge in [0.15, 0.2) is 5.72 Å². The van der Waals surface area contributed by atoms with E-state index in [1.165, 1.54) is 44.9 Å². The fraction of sp³-hybridized carbons (Fsp3) is 0.588. The molecule has 0 unspecified atom stereocenters. The molecule has 0 aliphatic carbocycles. The van der Waals surface area contributed by atoms with Gasteiger partial charge in [-0.05, 0) is 44.9 Å². The van der Waals surface area contributed by atoms with Gasteiger partial charge in [-0.2, -0.15) is 0 Å². The zero-order valence-corrected chi connectivity index (χ0v) is 29.6. The molecule has 13 nitrogen and oxygen atoms in total. The molecule has 2 N–H and O–H groups in total. The predicted octanol–water partition coefficient (Wildman–Crippen LogP) is 3.53. The van der Waals surface area contributed by atoms with Gasteiger partial charge in [-0.15, -0.1) is 0 Å². The number of rotatable bonds is 5. The predicted molar refractivity (Wildman–Crippen MR) is 177 cm³/mol. The van der Waals surface area contributed by atoms with Crippen LogP contribution in [0.4, 0.5) is 10.5 Å². The molecule has 0 spiro atoms. The Morgan fingerprint density at radius 3 is 2.56 bits per heavy atom. The number of ether oxygens (including phenoxy) is 5. The zero-order valence-electron chi connectivity index (χ0n) is 28.9. The van der Waals surface area contributed by atoms with Crippen molar-refractivity contribution in [2.24, 2.45) is 5.92 Å². The average Bonchev–Trinajstić information content (AvgIpc) is 3.73. The molecule has 3 heterocycles. The van der Waals surface area contributed by atoms with Crippen molar-refractivity contribution in [1.82, 2.24) is 10.2 Å². The van der Waals surface area contributed by atoms with Gasteiger partial charge in [-0.25, -0.2) is 9.59 Å². The number of epoxide rings is 1. The van der Waals surface area contributed by atoms with Crippen LogP contribution in [-0.4, -0.2) is 104 Å². The summed E-state index contributed by atoms with van der Waals surface area (Å²) >= 11 is 6.71. The third kappa shape index (κ3) is 7.64. The van der Waals surface area contributed by atoms with Crippen molar-refractivity contribution in [3.05, 3.63) is 46.5 Å². The van der Waals surface area contributed by atoms with Gasteiger partial charge in [-0.1, -0.05) is 42.3 Å². The molecule has 4 bridgehead atoms. The van der Waals surface area contributed by atoms with E-state index in [1.54, 1.807) is 45.2 Å². The second-order valence-electron chi connectivity index (χ2n) is 13.0. The van der Waals surface area contributed by atoms with Gasteiger partial charge in [0.05, 0.1) is 25.3 Å². The minimum absolute atomic E-state index is 0.0436. The average molecular weight is 692 g/mol. The summed E-state index contributed by atoms with van der Waals surface area (Å²) in [6, 6.07) is 2.63. The van der Waals surface area contributed by atoms with Gasteiger partial charge in [0.25, 0.3) is 0 Å². The zero-order chi connectivity index (χ0) is 35.7. The summed E-state index contributed by atoms with van der Waals surface area (Å²) < 4.78 is 28.9. The molecule has 14 heteroatoms. The summed E-state index contributed by atoms with van der Waals surface area (Å²) in [4.78, 5) is 54.7. The van der Waals surface area contributed by atoms with E-state index in [9.17, 15) is 24.3 Å². The number of alkyl carbamates (subject to hydrolysis) is 1. The highest BCUT2D eigenvalue weighted by Gasteiger charge is 2.64. The van der Waals surface area contributed by atoms with E-state index in [2.05, 4.69) is 5.32 Å². The third-order valence-electron chi connectivity index (χ3n) is 9.63. The maximum absolute atomic E-state index is 14.0. The van der Waals surface area contributed by atoms with E-state index in [4.69, 9.17) is 35.3 Å². The van der Waals surface area contributed by atoms with Crippen molar-refractivity contribution in [1.29, 1.82) is 0 Å². The van der Waals surface area contributed by atoms with Crippen LogP contribution >= 0.6 is 11.6 Å². The molecule has 0 saturated carbocycles. The molecule has 48 heavy (non-hydrogen) atoms. The molecule has 1 aromatic carbocycles. The third-order valence-corrected chi connectivity index (χ3v) is 10.0. The van der Waals surface area contributed by atoms with E-state index in [-0.39, 0.29) is 23.8 Å². The minimum Gasteiger partial charge on any atom is -0.495 e. The molecule has 264 valence electrons. The number of methoxy groups -OCH3 is 2. The Kier molecular flexibility index (Phi) is 11.2. The molecule has 4 rings (SSSR count). The van der Waals surface area contributed by atoms with Crippen LogP contribution in [0.1, 0.15) is 53.0 Å². The number of esters is 1. The summed E-state index contributed by atoms with van der Waals surface area (Å²) in [5.41, 5.74) is -0.871. The topological polar surface area (TPSA) is 156 Å². The number of nitrogens with one attached hydrogen (secondary N) is 1. The highest BCUT2D eigenvalue weighted by atomic mass is 35.5. The number of hydrogen-bond acceptors (Lipinski definition) is 10. The highest BCUT2D eigenvalue weighted by molar-refractivity contribution is 6.35. The molecular weight excluding hydrogens is 646 g/mol. The fourth-order valence-corrected chi connectivity index (χ4v) is 6.59. The summed E-state index contributed by atoms with van der Waals surface area (Å²) in [6.07, 6.45) is 1.02. The van der Waals surface area contributed by atoms with Crippen LogP contribution in [0, 0.1) is 5.92 Å².